The van der Waals surface area contributed by atoms with E-state index in [2.05, 4.69) is 12.2 Å². The van der Waals surface area contributed by atoms with E-state index in [1.165, 1.54) is 4.88 Å². The number of halogens is 1. The van der Waals surface area contributed by atoms with Crippen molar-refractivity contribution in [2.45, 2.75) is 13.0 Å². The van der Waals surface area contributed by atoms with Crippen LogP contribution in [0, 0.1) is 0 Å². The lowest BCUT2D eigenvalue weighted by Crippen LogP contribution is -2.07. The molecule has 1 atom stereocenters. The molecule has 2 aromatic rings. The number of nitrogen functional groups attached to an aromatic ring is 1. The summed E-state index contributed by atoms with van der Waals surface area (Å²) in [5.74, 6) is 0.781. The zero-order valence-corrected chi connectivity index (χ0v) is 11.8. The Kier molecular flexibility index (Phi) is 3.99. The Morgan fingerprint density at radius 3 is 2.72 bits per heavy atom. The van der Waals surface area contributed by atoms with Crippen molar-refractivity contribution in [1.29, 1.82) is 0 Å². The Bertz CT molecular complexity index is 542. The average molecular weight is 283 g/mol. The van der Waals surface area contributed by atoms with Gasteiger partial charge in [-0.05, 0) is 31.2 Å². The molecular formula is C13H15ClN2OS. The summed E-state index contributed by atoms with van der Waals surface area (Å²) in [4.78, 5) is 1.17. The summed E-state index contributed by atoms with van der Waals surface area (Å²) in [6.07, 6.45) is 0. The predicted octanol–water partition coefficient (Wildman–Crippen LogP) is 4.17. The maximum absolute atomic E-state index is 5.94. The van der Waals surface area contributed by atoms with Crippen LogP contribution >= 0.6 is 22.9 Å². The lowest BCUT2D eigenvalue weighted by atomic mass is 10.2. The van der Waals surface area contributed by atoms with Crippen LogP contribution in [0.2, 0.25) is 4.34 Å². The molecule has 0 bridgehead atoms. The molecule has 0 radical (unpaired) electrons. The Balaban J connectivity index is 2.18. The fraction of sp³-hybridized carbons (Fsp3) is 0.231. The number of benzene rings is 1. The van der Waals surface area contributed by atoms with Crippen LogP contribution < -0.4 is 15.8 Å². The van der Waals surface area contributed by atoms with Crippen LogP contribution in [0.15, 0.2) is 30.3 Å². The van der Waals surface area contributed by atoms with E-state index in [1.807, 2.05) is 30.3 Å². The van der Waals surface area contributed by atoms with Crippen LogP contribution in [0.1, 0.15) is 17.8 Å². The van der Waals surface area contributed by atoms with Gasteiger partial charge in [0.2, 0.25) is 0 Å². The van der Waals surface area contributed by atoms with E-state index in [4.69, 9.17) is 22.1 Å². The van der Waals surface area contributed by atoms with Gasteiger partial charge in [-0.15, -0.1) is 11.3 Å². The Morgan fingerprint density at radius 1 is 1.33 bits per heavy atom. The molecule has 0 amide bonds. The molecule has 1 aromatic carbocycles. The maximum atomic E-state index is 5.94. The molecule has 96 valence electrons. The number of anilines is 2. The highest BCUT2D eigenvalue weighted by Crippen LogP contribution is 2.32. The molecule has 18 heavy (non-hydrogen) atoms. The third-order valence-corrected chi connectivity index (χ3v) is 4.07. The van der Waals surface area contributed by atoms with E-state index in [9.17, 15) is 0 Å². The molecule has 0 aliphatic rings. The first-order chi connectivity index (χ1) is 8.60. The minimum atomic E-state index is 0.150. The van der Waals surface area contributed by atoms with Crippen molar-refractivity contribution in [3.05, 3.63) is 39.5 Å². The van der Waals surface area contributed by atoms with Gasteiger partial charge in [0.25, 0.3) is 0 Å². The average Bonchev–Trinajstić information content (AvgIpc) is 2.79. The first kappa shape index (κ1) is 13.1. The van der Waals surface area contributed by atoms with Crippen LogP contribution in [-0.4, -0.2) is 7.11 Å². The van der Waals surface area contributed by atoms with Gasteiger partial charge in [0.05, 0.1) is 28.9 Å². The summed E-state index contributed by atoms with van der Waals surface area (Å²) >= 11 is 7.49. The number of thiophene rings is 1. The molecule has 0 saturated carbocycles. The summed E-state index contributed by atoms with van der Waals surface area (Å²) in [5.41, 5.74) is 7.50. The third-order valence-electron chi connectivity index (χ3n) is 2.65. The normalized spacial score (nSPS) is 12.2. The molecule has 0 fully saturated rings. The summed E-state index contributed by atoms with van der Waals surface area (Å²) in [6, 6.07) is 9.62. The molecule has 3 N–H and O–H groups in total. The van der Waals surface area contributed by atoms with Crippen LogP contribution in [0.5, 0.6) is 5.75 Å². The van der Waals surface area contributed by atoms with Crippen LogP contribution in [0.3, 0.4) is 0 Å². The van der Waals surface area contributed by atoms with Gasteiger partial charge >= 0.3 is 0 Å². The number of rotatable bonds is 4. The smallest absolute Gasteiger partial charge is 0.121 e. The fourth-order valence-electron chi connectivity index (χ4n) is 1.65. The molecule has 1 heterocycles. The number of hydrogen-bond donors (Lipinski definition) is 2. The van der Waals surface area contributed by atoms with Gasteiger partial charge in [-0.25, -0.2) is 0 Å². The number of methoxy groups -OCH3 is 1. The van der Waals surface area contributed by atoms with E-state index in [0.29, 0.717) is 5.69 Å². The molecule has 1 unspecified atom stereocenters. The van der Waals surface area contributed by atoms with E-state index >= 15 is 0 Å². The van der Waals surface area contributed by atoms with Crippen molar-refractivity contribution in [2.75, 3.05) is 18.2 Å². The minimum absolute atomic E-state index is 0.150. The summed E-state index contributed by atoms with van der Waals surface area (Å²) < 4.78 is 5.98. The Labute approximate surface area is 116 Å². The van der Waals surface area contributed by atoms with E-state index in [0.717, 1.165) is 15.8 Å². The minimum Gasteiger partial charge on any atom is -0.497 e. The molecule has 1 aromatic heterocycles. The van der Waals surface area contributed by atoms with E-state index in [1.54, 1.807) is 18.4 Å². The maximum Gasteiger partial charge on any atom is 0.121 e. The van der Waals surface area contributed by atoms with Gasteiger partial charge in [-0.3, -0.25) is 0 Å². The molecule has 5 heteroatoms. The van der Waals surface area contributed by atoms with Crippen LogP contribution in [0.4, 0.5) is 11.4 Å². The first-order valence-corrected chi connectivity index (χ1v) is 6.75. The summed E-state index contributed by atoms with van der Waals surface area (Å²) in [5, 5.41) is 3.36. The van der Waals surface area contributed by atoms with Crippen LogP contribution in [-0.2, 0) is 0 Å². The molecular weight excluding hydrogens is 268 g/mol. The second-order valence-corrected chi connectivity index (χ2v) is 5.71. The van der Waals surface area contributed by atoms with Gasteiger partial charge in [-0.2, -0.15) is 0 Å². The number of ether oxygens (including phenoxy) is 1. The lowest BCUT2D eigenvalue weighted by molar-refractivity contribution is 0.415. The lowest BCUT2D eigenvalue weighted by Gasteiger charge is -2.16. The predicted molar refractivity (Wildman–Crippen MR) is 78.8 cm³/mol. The van der Waals surface area contributed by atoms with Gasteiger partial charge in [0.1, 0.15) is 5.75 Å². The van der Waals surface area contributed by atoms with Crippen molar-refractivity contribution in [3.8, 4) is 5.75 Å². The summed E-state index contributed by atoms with van der Waals surface area (Å²) in [7, 11) is 1.64. The zero-order chi connectivity index (χ0) is 13.1. The topological polar surface area (TPSA) is 47.3 Å². The highest BCUT2D eigenvalue weighted by Gasteiger charge is 2.10. The highest BCUT2D eigenvalue weighted by molar-refractivity contribution is 7.16. The molecule has 2 rings (SSSR count). The van der Waals surface area contributed by atoms with Crippen molar-refractivity contribution in [2.24, 2.45) is 0 Å². The molecule has 0 saturated heterocycles. The fourth-order valence-corrected chi connectivity index (χ4v) is 2.72. The van der Waals surface area contributed by atoms with Crippen molar-refractivity contribution < 1.29 is 4.74 Å². The third kappa shape index (κ3) is 2.89. The van der Waals surface area contributed by atoms with Gasteiger partial charge < -0.3 is 15.8 Å². The quantitative estimate of drug-likeness (QED) is 0.828. The van der Waals surface area contributed by atoms with Gasteiger partial charge in [0, 0.05) is 10.9 Å². The van der Waals surface area contributed by atoms with Crippen molar-refractivity contribution in [1.82, 2.24) is 0 Å². The summed E-state index contributed by atoms with van der Waals surface area (Å²) in [6.45, 7) is 2.07. The molecule has 0 aliphatic carbocycles. The highest BCUT2D eigenvalue weighted by atomic mass is 35.5. The Hall–Kier alpha value is -1.39. The number of nitrogens with two attached hydrogens (primary N) is 1. The number of hydrogen-bond acceptors (Lipinski definition) is 4. The zero-order valence-electron chi connectivity index (χ0n) is 10.2. The van der Waals surface area contributed by atoms with Gasteiger partial charge in [-0.1, -0.05) is 11.6 Å². The van der Waals surface area contributed by atoms with E-state index < -0.39 is 0 Å². The second-order valence-electron chi connectivity index (χ2n) is 3.96. The largest absolute Gasteiger partial charge is 0.497 e. The van der Waals surface area contributed by atoms with Crippen LogP contribution in [0.25, 0.3) is 0 Å². The van der Waals surface area contributed by atoms with Crippen molar-refractivity contribution in [3.63, 3.8) is 0 Å². The molecule has 3 nitrogen and oxygen atoms in total. The molecule has 0 aliphatic heterocycles. The van der Waals surface area contributed by atoms with Gasteiger partial charge in [0.15, 0.2) is 0 Å². The SMILES string of the molecule is COc1ccc(N)c(NC(C)c2ccc(Cl)s2)c1. The monoisotopic (exact) mass is 282 g/mol. The standard InChI is InChI=1S/C13H15ClN2OS/c1-8(12-5-6-13(14)18-12)16-11-7-9(17-2)3-4-10(11)15/h3-8,16H,15H2,1-2H3. The first-order valence-electron chi connectivity index (χ1n) is 5.55. The van der Waals surface area contributed by atoms with Crippen molar-refractivity contribution >= 4 is 34.3 Å². The van der Waals surface area contributed by atoms with E-state index in [-0.39, 0.29) is 6.04 Å². The second kappa shape index (κ2) is 5.50. The number of nitrogens with one attached hydrogen (secondary N) is 1. The Morgan fingerprint density at radius 2 is 2.11 bits per heavy atom. The molecule has 0 spiro atoms.